The van der Waals surface area contributed by atoms with E-state index in [9.17, 15) is 5.11 Å². The van der Waals surface area contributed by atoms with Gasteiger partial charge in [-0.15, -0.1) is 0 Å². The molecule has 0 amide bonds. The molecule has 6 aromatic carbocycles. The quantitative estimate of drug-likeness (QED) is 0.282. The molecule has 1 N–H and O–H groups in total. The molecule has 0 saturated heterocycles. The molecule has 166 valence electrons. The SMILES string of the molecule is Cc1ccc2cc(C3(c4ccc5cc(O)ccc5c4)c4ccccc4-c4ccccc43)ccc2c1. The summed E-state index contributed by atoms with van der Waals surface area (Å²) in [4.78, 5) is 0. The molecule has 0 saturated carbocycles. The van der Waals surface area contributed by atoms with Crippen LogP contribution < -0.4 is 0 Å². The second-order valence-corrected chi connectivity index (χ2v) is 9.65. The monoisotopic (exact) mass is 448 g/mol. The summed E-state index contributed by atoms with van der Waals surface area (Å²) in [7, 11) is 0. The van der Waals surface area contributed by atoms with Gasteiger partial charge in [0.25, 0.3) is 0 Å². The van der Waals surface area contributed by atoms with Crippen molar-refractivity contribution < 1.29 is 5.11 Å². The van der Waals surface area contributed by atoms with E-state index < -0.39 is 5.41 Å². The second kappa shape index (κ2) is 7.32. The normalized spacial score (nSPS) is 13.6. The molecule has 0 unspecified atom stereocenters. The van der Waals surface area contributed by atoms with Crippen LogP contribution in [0.3, 0.4) is 0 Å². The second-order valence-electron chi connectivity index (χ2n) is 9.65. The lowest BCUT2D eigenvalue weighted by atomic mass is 9.67. The highest BCUT2D eigenvalue weighted by Gasteiger charge is 2.45. The lowest BCUT2D eigenvalue weighted by Gasteiger charge is -2.34. The van der Waals surface area contributed by atoms with Gasteiger partial charge in [0.1, 0.15) is 5.75 Å². The highest BCUT2D eigenvalue weighted by molar-refractivity contribution is 5.91. The Hall–Kier alpha value is -4.36. The molecule has 6 aromatic rings. The van der Waals surface area contributed by atoms with Crippen LogP contribution in [0.1, 0.15) is 27.8 Å². The van der Waals surface area contributed by atoms with Crippen molar-refractivity contribution in [3.05, 3.63) is 149 Å². The predicted molar refractivity (Wildman–Crippen MR) is 145 cm³/mol. The van der Waals surface area contributed by atoms with Gasteiger partial charge in [0, 0.05) is 0 Å². The zero-order valence-corrected chi connectivity index (χ0v) is 19.5. The third kappa shape index (κ3) is 2.82. The van der Waals surface area contributed by atoms with Gasteiger partial charge in [-0.3, -0.25) is 0 Å². The summed E-state index contributed by atoms with van der Waals surface area (Å²) in [5.74, 6) is 0.293. The number of benzene rings is 6. The summed E-state index contributed by atoms with van der Waals surface area (Å²) < 4.78 is 0. The van der Waals surface area contributed by atoms with Crippen molar-refractivity contribution >= 4 is 21.5 Å². The third-order valence-corrected chi connectivity index (χ3v) is 7.64. The first kappa shape index (κ1) is 20.1. The van der Waals surface area contributed by atoms with Gasteiger partial charge in [0.15, 0.2) is 0 Å². The van der Waals surface area contributed by atoms with Crippen molar-refractivity contribution in [1.29, 1.82) is 0 Å². The fourth-order valence-corrected chi connectivity index (χ4v) is 6.09. The topological polar surface area (TPSA) is 20.2 Å². The number of fused-ring (bicyclic) bond motifs is 5. The van der Waals surface area contributed by atoms with Gasteiger partial charge >= 0.3 is 0 Å². The maximum absolute atomic E-state index is 10.0. The third-order valence-electron chi connectivity index (χ3n) is 7.64. The maximum atomic E-state index is 10.0. The predicted octanol–water partition coefficient (Wildman–Crippen LogP) is 8.37. The summed E-state index contributed by atoms with van der Waals surface area (Å²) in [6.07, 6.45) is 0. The van der Waals surface area contributed by atoms with E-state index in [4.69, 9.17) is 0 Å². The van der Waals surface area contributed by atoms with Crippen LogP contribution in [0.2, 0.25) is 0 Å². The van der Waals surface area contributed by atoms with Crippen molar-refractivity contribution in [2.45, 2.75) is 12.3 Å². The van der Waals surface area contributed by atoms with E-state index in [0.29, 0.717) is 5.75 Å². The summed E-state index contributed by atoms with van der Waals surface area (Å²) in [6, 6.07) is 43.6. The standard InChI is InChI=1S/C34H24O/c1-22-10-11-24-19-27(15-12-23(24)18-22)34(28-16-13-26-21-29(35)17-14-25(26)20-28)32-8-4-2-6-30(32)31-7-3-5-9-33(31)34/h2-21,35H,1H3. The molecule has 0 aliphatic heterocycles. The number of phenolic OH excluding ortho intramolecular Hbond substituents is 1. The van der Waals surface area contributed by atoms with Crippen molar-refractivity contribution in [2.24, 2.45) is 0 Å². The molecule has 0 spiro atoms. The number of aryl methyl sites for hydroxylation is 1. The summed E-state index contributed by atoms with van der Waals surface area (Å²) in [5, 5.41) is 14.7. The van der Waals surface area contributed by atoms with E-state index in [1.807, 2.05) is 12.1 Å². The summed E-state index contributed by atoms with van der Waals surface area (Å²) in [5.41, 5.74) is 8.55. The minimum atomic E-state index is -0.432. The molecule has 0 aromatic heterocycles. The van der Waals surface area contributed by atoms with Crippen LogP contribution in [0.25, 0.3) is 32.7 Å². The fourth-order valence-electron chi connectivity index (χ4n) is 6.09. The lowest BCUT2D eigenvalue weighted by Crippen LogP contribution is -2.28. The molecule has 1 heteroatoms. The molecule has 0 atom stereocenters. The number of rotatable bonds is 2. The van der Waals surface area contributed by atoms with Gasteiger partial charge in [-0.25, -0.2) is 0 Å². The van der Waals surface area contributed by atoms with E-state index >= 15 is 0 Å². The molecule has 1 aliphatic rings. The largest absolute Gasteiger partial charge is 0.508 e. The number of phenols is 1. The molecular formula is C34H24O. The highest BCUT2D eigenvalue weighted by atomic mass is 16.3. The first-order valence-electron chi connectivity index (χ1n) is 12.1. The Labute approximate surface area is 204 Å². The highest BCUT2D eigenvalue weighted by Crippen LogP contribution is 2.56. The van der Waals surface area contributed by atoms with E-state index in [-0.39, 0.29) is 0 Å². The molecule has 0 bridgehead atoms. The van der Waals surface area contributed by atoms with E-state index in [1.165, 1.54) is 49.7 Å². The van der Waals surface area contributed by atoms with Gasteiger partial charge in [-0.2, -0.15) is 0 Å². The average Bonchev–Trinajstić information content (AvgIpc) is 3.19. The Bertz CT molecular complexity index is 1640. The molecule has 0 heterocycles. The number of hydrogen-bond donors (Lipinski definition) is 1. The summed E-state index contributed by atoms with van der Waals surface area (Å²) >= 11 is 0. The smallest absolute Gasteiger partial charge is 0.116 e. The van der Waals surface area contributed by atoms with Gasteiger partial charge in [0.2, 0.25) is 0 Å². The zero-order valence-electron chi connectivity index (χ0n) is 19.5. The van der Waals surface area contributed by atoms with Crippen LogP contribution in [0.15, 0.2) is 121 Å². The zero-order chi connectivity index (χ0) is 23.6. The average molecular weight is 449 g/mol. The Kier molecular flexibility index (Phi) is 4.19. The van der Waals surface area contributed by atoms with Crippen molar-refractivity contribution in [3.8, 4) is 16.9 Å². The maximum Gasteiger partial charge on any atom is 0.116 e. The summed E-state index contributed by atoms with van der Waals surface area (Å²) in [6.45, 7) is 2.14. The van der Waals surface area contributed by atoms with Crippen LogP contribution in [0.5, 0.6) is 5.75 Å². The molecule has 1 nitrogen and oxygen atoms in total. The van der Waals surface area contributed by atoms with Crippen LogP contribution in [-0.2, 0) is 5.41 Å². The molecule has 1 aliphatic carbocycles. The van der Waals surface area contributed by atoms with E-state index in [1.54, 1.807) is 6.07 Å². The molecule has 0 radical (unpaired) electrons. The Morgan fingerprint density at radius 3 is 1.60 bits per heavy atom. The number of hydrogen-bond acceptors (Lipinski definition) is 1. The fraction of sp³-hybridized carbons (Fsp3) is 0.0588. The first-order valence-corrected chi connectivity index (χ1v) is 12.1. The van der Waals surface area contributed by atoms with Crippen LogP contribution in [0.4, 0.5) is 0 Å². The Balaban J connectivity index is 1.62. The Morgan fingerprint density at radius 1 is 0.486 bits per heavy atom. The van der Waals surface area contributed by atoms with Crippen LogP contribution in [-0.4, -0.2) is 5.11 Å². The van der Waals surface area contributed by atoms with E-state index in [0.717, 1.165) is 10.8 Å². The van der Waals surface area contributed by atoms with E-state index in [2.05, 4.69) is 110 Å². The molecule has 7 rings (SSSR count). The lowest BCUT2D eigenvalue weighted by molar-refractivity contribution is 0.476. The molecule has 35 heavy (non-hydrogen) atoms. The number of aromatic hydroxyl groups is 1. The first-order chi connectivity index (χ1) is 17.1. The minimum Gasteiger partial charge on any atom is -0.508 e. The van der Waals surface area contributed by atoms with Gasteiger partial charge in [0.05, 0.1) is 5.41 Å². The van der Waals surface area contributed by atoms with Crippen LogP contribution in [0, 0.1) is 6.92 Å². The minimum absolute atomic E-state index is 0.293. The van der Waals surface area contributed by atoms with Gasteiger partial charge in [-0.1, -0.05) is 103 Å². The van der Waals surface area contributed by atoms with Crippen molar-refractivity contribution in [1.82, 2.24) is 0 Å². The van der Waals surface area contributed by atoms with Gasteiger partial charge < -0.3 is 5.11 Å². The molecular weight excluding hydrogens is 424 g/mol. The van der Waals surface area contributed by atoms with Crippen molar-refractivity contribution in [2.75, 3.05) is 0 Å². The molecule has 0 fully saturated rings. The van der Waals surface area contributed by atoms with Crippen molar-refractivity contribution in [3.63, 3.8) is 0 Å². The Morgan fingerprint density at radius 2 is 0.971 bits per heavy atom. The van der Waals surface area contributed by atoms with Crippen LogP contribution >= 0.6 is 0 Å². The van der Waals surface area contributed by atoms with Gasteiger partial charge in [-0.05, 0) is 86.1 Å².